The summed E-state index contributed by atoms with van der Waals surface area (Å²) in [6, 6.07) is 3.17. The molecule has 3 heterocycles. The quantitative estimate of drug-likeness (QED) is 0.796. The second-order valence-corrected chi connectivity index (χ2v) is 6.04. The fourth-order valence-corrected chi connectivity index (χ4v) is 3.00. The number of aryl methyl sites for hydroxylation is 1. The van der Waals surface area contributed by atoms with E-state index in [1.165, 1.54) is 4.68 Å². The summed E-state index contributed by atoms with van der Waals surface area (Å²) in [6.07, 6.45) is 4.12. The van der Waals surface area contributed by atoms with E-state index in [4.69, 9.17) is 4.42 Å². The monoisotopic (exact) mass is 314 g/mol. The van der Waals surface area contributed by atoms with Gasteiger partial charge >= 0.3 is 0 Å². The Hall–Kier alpha value is -2.57. The van der Waals surface area contributed by atoms with Crippen molar-refractivity contribution in [2.75, 3.05) is 0 Å². The Labute approximate surface area is 131 Å². The van der Waals surface area contributed by atoms with Gasteiger partial charge in [0.15, 0.2) is 5.58 Å². The van der Waals surface area contributed by atoms with Crippen LogP contribution in [0.5, 0.6) is 0 Å². The molecule has 1 amide bonds. The fraction of sp³-hybridized carbons (Fsp3) is 0.438. The smallest absolute Gasteiger partial charge is 0.291 e. The van der Waals surface area contributed by atoms with Gasteiger partial charge in [-0.1, -0.05) is 6.92 Å². The molecule has 1 aliphatic rings. The molecule has 1 atom stereocenters. The average molecular weight is 314 g/mol. The minimum absolute atomic E-state index is 0.136. The lowest BCUT2D eigenvalue weighted by Gasteiger charge is -2.17. The molecular formula is C16H18N4O3. The highest BCUT2D eigenvalue weighted by molar-refractivity contribution is 5.83. The third kappa shape index (κ3) is 2.15. The third-order valence-corrected chi connectivity index (χ3v) is 4.33. The van der Waals surface area contributed by atoms with Gasteiger partial charge in [-0.25, -0.2) is 4.68 Å². The van der Waals surface area contributed by atoms with Crippen molar-refractivity contribution in [3.8, 4) is 0 Å². The first kappa shape index (κ1) is 14.0. The zero-order valence-corrected chi connectivity index (χ0v) is 13.1. The van der Waals surface area contributed by atoms with Crippen LogP contribution in [0.2, 0.25) is 0 Å². The highest BCUT2D eigenvalue weighted by Gasteiger charge is 2.29. The standard InChI is InChI=1S/C16H18N4O3/c1-3-11(15(21)17-10-4-5-10)20-16(22)13-8-14-12(6-7-23-14)19(13)9(2)18-20/h6-8,10-11H,3-5H2,1-2H3,(H,17,21). The molecule has 0 bridgehead atoms. The summed E-state index contributed by atoms with van der Waals surface area (Å²) < 4.78 is 8.45. The Morgan fingerprint density at radius 3 is 2.96 bits per heavy atom. The normalized spacial score (nSPS) is 16.1. The number of furan rings is 1. The number of carbonyl (C=O) groups is 1. The van der Waals surface area contributed by atoms with Crippen molar-refractivity contribution in [1.29, 1.82) is 0 Å². The summed E-state index contributed by atoms with van der Waals surface area (Å²) >= 11 is 0. The van der Waals surface area contributed by atoms with Crippen LogP contribution in [0.25, 0.3) is 16.6 Å². The number of hydrogen-bond donors (Lipinski definition) is 1. The van der Waals surface area contributed by atoms with Crippen LogP contribution in [0.1, 0.15) is 38.1 Å². The Bertz CT molecular complexity index is 961. The molecule has 23 heavy (non-hydrogen) atoms. The predicted octanol–water partition coefficient (Wildman–Crippen LogP) is 1.78. The Kier molecular flexibility index (Phi) is 3.04. The number of nitrogens with one attached hydrogen (secondary N) is 1. The summed E-state index contributed by atoms with van der Waals surface area (Å²) in [5, 5.41) is 7.34. The summed E-state index contributed by atoms with van der Waals surface area (Å²) in [5.74, 6) is 0.511. The molecule has 3 aromatic heterocycles. The van der Waals surface area contributed by atoms with Crippen molar-refractivity contribution < 1.29 is 9.21 Å². The van der Waals surface area contributed by atoms with Gasteiger partial charge in [-0.3, -0.25) is 14.0 Å². The SMILES string of the molecule is CCC(C(=O)NC1CC1)n1nc(C)n2c(cc3occc32)c1=O. The molecule has 1 saturated carbocycles. The van der Waals surface area contributed by atoms with E-state index < -0.39 is 6.04 Å². The van der Waals surface area contributed by atoms with Gasteiger partial charge in [0.25, 0.3) is 5.56 Å². The van der Waals surface area contributed by atoms with Gasteiger partial charge < -0.3 is 9.73 Å². The summed E-state index contributed by atoms with van der Waals surface area (Å²) in [4.78, 5) is 25.2. The van der Waals surface area contributed by atoms with Gasteiger partial charge in [0.2, 0.25) is 5.91 Å². The van der Waals surface area contributed by atoms with Gasteiger partial charge in [0.05, 0.1) is 11.8 Å². The Balaban J connectivity index is 1.87. The molecule has 7 heteroatoms. The number of carbonyl (C=O) groups excluding carboxylic acids is 1. The molecule has 0 spiro atoms. The number of rotatable bonds is 4. The van der Waals surface area contributed by atoms with Gasteiger partial charge in [0.1, 0.15) is 17.4 Å². The van der Waals surface area contributed by atoms with Crippen LogP contribution in [0.3, 0.4) is 0 Å². The summed E-state index contributed by atoms with van der Waals surface area (Å²) in [5.41, 5.74) is 1.65. The van der Waals surface area contributed by atoms with E-state index in [1.54, 1.807) is 22.8 Å². The molecule has 1 N–H and O–H groups in total. The van der Waals surface area contributed by atoms with Crippen LogP contribution < -0.4 is 10.9 Å². The minimum Gasteiger partial charge on any atom is -0.463 e. The van der Waals surface area contributed by atoms with E-state index in [2.05, 4.69) is 10.4 Å². The van der Waals surface area contributed by atoms with Crippen LogP contribution in [-0.2, 0) is 4.79 Å². The molecule has 0 aromatic carbocycles. The topological polar surface area (TPSA) is 81.5 Å². The molecule has 0 radical (unpaired) electrons. The number of hydrogen-bond acceptors (Lipinski definition) is 4. The average Bonchev–Trinajstić information content (AvgIpc) is 3.08. The minimum atomic E-state index is -0.590. The maximum absolute atomic E-state index is 12.8. The van der Waals surface area contributed by atoms with E-state index in [0.717, 1.165) is 18.4 Å². The van der Waals surface area contributed by atoms with E-state index in [9.17, 15) is 9.59 Å². The van der Waals surface area contributed by atoms with Gasteiger partial charge in [-0.05, 0) is 26.2 Å². The van der Waals surface area contributed by atoms with Crippen LogP contribution in [0, 0.1) is 6.92 Å². The zero-order chi connectivity index (χ0) is 16.1. The second-order valence-electron chi connectivity index (χ2n) is 6.04. The van der Waals surface area contributed by atoms with Crippen molar-refractivity contribution in [2.45, 2.75) is 45.2 Å². The molecule has 1 aliphatic carbocycles. The molecule has 3 aromatic rings. The third-order valence-electron chi connectivity index (χ3n) is 4.33. The highest BCUT2D eigenvalue weighted by Crippen LogP contribution is 2.22. The molecule has 7 nitrogen and oxygen atoms in total. The Morgan fingerprint density at radius 2 is 2.26 bits per heavy atom. The maximum atomic E-state index is 12.8. The van der Waals surface area contributed by atoms with Gasteiger partial charge in [0, 0.05) is 18.2 Å². The van der Waals surface area contributed by atoms with E-state index in [-0.39, 0.29) is 17.5 Å². The van der Waals surface area contributed by atoms with E-state index >= 15 is 0 Å². The van der Waals surface area contributed by atoms with E-state index in [0.29, 0.717) is 23.3 Å². The van der Waals surface area contributed by atoms with Crippen LogP contribution in [0.4, 0.5) is 0 Å². The van der Waals surface area contributed by atoms with Crippen molar-refractivity contribution >= 4 is 22.5 Å². The van der Waals surface area contributed by atoms with Crippen LogP contribution >= 0.6 is 0 Å². The maximum Gasteiger partial charge on any atom is 0.291 e. The van der Waals surface area contributed by atoms with Crippen molar-refractivity contribution in [2.24, 2.45) is 0 Å². The molecule has 1 unspecified atom stereocenters. The van der Waals surface area contributed by atoms with Crippen molar-refractivity contribution in [3.05, 3.63) is 34.6 Å². The number of fused-ring (bicyclic) bond motifs is 3. The molecule has 0 aliphatic heterocycles. The fourth-order valence-electron chi connectivity index (χ4n) is 3.00. The van der Waals surface area contributed by atoms with Gasteiger partial charge in [-0.15, -0.1) is 0 Å². The molecule has 1 fully saturated rings. The Morgan fingerprint density at radius 1 is 1.48 bits per heavy atom. The van der Waals surface area contributed by atoms with Crippen molar-refractivity contribution in [3.63, 3.8) is 0 Å². The van der Waals surface area contributed by atoms with E-state index in [1.807, 2.05) is 13.8 Å². The first-order chi connectivity index (χ1) is 11.1. The lowest BCUT2D eigenvalue weighted by Crippen LogP contribution is -2.40. The van der Waals surface area contributed by atoms with Crippen LogP contribution in [-0.4, -0.2) is 26.1 Å². The first-order valence-electron chi connectivity index (χ1n) is 7.88. The first-order valence-corrected chi connectivity index (χ1v) is 7.88. The van der Waals surface area contributed by atoms with Gasteiger partial charge in [-0.2, -0.15) is 5.10 Å². The summed E-state index contributed by atoms with van der Waals surface area (Å²) in [7, 11) is 0. The zero-order valence-electron chi connectivity index (χ0n) is 13.1. The number of aromatic nitrogens is 3. The highest BCUT2D eigenvalue weighted by atomic mass is 16.3. The van der Waals surface area contributed by atoms with Crippen molar-refractivity contribution in [1.82, 2.24) is 19.5 Å². The lowest BCUT2D eigenvalue weighted by molar-refractivity contribution is -0.125. The number of amides is 1. The predicted molar refractivity (Wildman–Crippen MR) is 84.5 cm³/mol. The van der Waals surface area contributed by atoms with Crippen LogP contribution in [0.15, 0.2) is 27.6 Å². The molecular weight excluding hydrogens is 296 g/mol. The molecule has 120 valence electrons. The molecule has 0 saturated heterocycles. The molecule has 4 rings (SSSR count). The second kappa shape index (κ2) is 4.97. The number of nitrogens with zero attached hydrogens (tertiary/aromatic N) is 3. The summed E-state index contributed by atoms with van der Waals surface area (Å²) in [6.45, 7) is 3.70. The lowest BCUT2D eigenvalue weighted by atomic mass is 10.2. The largest absolute Gasteiger partial charge is 0.463 e.